The number of unbranched alkanes of at least 4 members (excludes halogenated alkanes) is 1. The third-order valence-corrected chi connectivity index (χ3v) is 6.77. The molecule has 1 saturated carbocycles. The van der Waals surface area contributed by atoms with Gasteiger partial charge in [-0.15, -0.1) is 0 Å². The van der Waals surface area contributed by atoms with Gasteiger partial charge < -0.3 is 10.2 Å². The molecule has 0 bridgehead atoms. The predicted octanol–water partition coefficient (Wildman–Crippen LogP) is 5.97. The van der Waals surface area contributed by atoms with E-state index in [0.717, 1.165) is 11.7 Å². The molecule has 1 aliphatic carbocycles. The Labute approximate surface area is 172 Å². The first kappa shape index (κ1) is 22.8. The van der Waals surface area contributed by atoms with Crippen LogP contribution >= 0.6 is 11.8 Å². The molecule has 27 heavy (non-hydrogen) atoms. The molecule has 1 aromatic rings. The summed E-state index contributed by atoms with van der Waals surface area (Å²) in [5.41, 5.74) is 1.44. The van der Waals surface area contributed by atoms with Crippen LogP contribution < -0.4 is 5.32 Å². The van der Waals surface area contributed by atoms with Crippen LogP contribution in [0.5, 0.6) is 0 Å². The van der Waals surface area contributed by atoms with Gasteiger partial charge in [-0.3, -0.25) is 0 Å². The summed E-state index contributed by atoms with van der Waals surface area (Å²) in [5, 5.41) is 3.66. The molecule has 0 aliphatic heterocycles. The average Bonchev–Trinajstić information content (AvgIpc) is 2.72. The summed E-state index contributed by atoms with van der Waals surface area (Å²) < 4.78 is 0. The van der Waals surface area contributed by atoms with Gasteiger partial charge in [-0.05, 0) is 75.5 Å². The van der Waals surface area contributed by atoms with Gasteiger partial charge in [0.1, 0.15) is 0 Å². The Morgan fingerprint density at radius 1 is 0.963 bits per heavy atom. The molecule has 0 spiro atoms. The highest BCUT2D eigenvalue weighted by molar-refractivity contribution is 7.98. The molecule has 1 aliphatic rings. The summed E-state index contributed by atoms with van der Waals surface area (Å²) in [4.78, 5) is 2.76. The maximum Gasteiger partial charge on any atom is 0.0184 e. The molecule has 0 saturated heterocycles. The van der Waals surface area contributed by atoms with Crippen molar-refractivity contribution in [2.75, 3.05) is 38.5 Å². The van der Waals surface area contributed by atoms with Crippen LogP contribution in [0.1, 0.15) is 70.3 Å². The van der Waals surface area contributed by atoms with E-state index in [2.05, 4.69) is 59.2 Å². The van der Waals surface area contributed by atoms with Crippen molar-refractivity contribution in [1.29, 1.82) is 0 Å². The highest BCUT2D eigenvalue weighted by Gasteiger charge is 2.16. The predicted molar refractivity (Wildman–Crippen MR) is 123 cm³/mol. The van der Waals surface area contributed by atoms with Crippen LogP contribution in [0, 0.1) is 5.92 Å². The Morgan fingerprint density at radius 3 is 2.48 bits per heavy atom. The summed E-state index contributed by atoms with van der Waals surface area (Å²) in [5.74, 6) is 3.38. The highest BCUT2D eigenvalue weighted by Crippen LogP contribution is 2.24. The lowest BCUT2D eigenvalue weighted by Crippen LogP contribution is -2.34. The van der Waals surface area contributed by atoms with Crippen LogP contribution in [0.4, 0.5) is 0 Å². The fourth-order valence-corrected chi connectivity index (χ4v) is 4.95. The quantitative estimate of drug-likeness (QED) is 0.371. The minimum absolute atomic E-state index is 0.977. The molecule has 154 valence electrons. The molecule has 0 atom stereocenters. The number of hydrogen-bond donors (Lipinski definition) is 1. The maximum absolute atomic E-state index is 3.66. The Hall–Kier alpha value is -0.510. The zero-order chi connectivity index (χ0) is 19.0. The van der Waals surface area contributed by atoms with Crippen LogP contribution in [-0.4, -0.2) is 43.4 Å². The first-order valence-electron chi connectivity index (χ1n) is 11.4. The molecule has 0 amide bonds. The van der Waals surface area contributed by atoms with E-state index in [4.69, 9.17) is 0 Å². The second-order valence-corrected chi connectivity index (χ2v) is 9.26. The van der Waals surface area contributed by atoms with E-state index in [1.807, 2.05) is 0 Å². The summed E-state index contributed by atoms with van der Waals surface area (Å²) in [6, 6.07) is 10.8. The molecule has 1 aromatic carbocycles. The third kappa shape index (κ3) is 11.2. The minimum atomic E-state index is 0.977. The lowest BCUT2D eigenvalue weighted by molar-refractivity contribution is 0.196. The van der Waals surface area contributed by atoms with Gasteiger partial charge in [-0.2, -0.15) is 11.8 Å². The lowest BCUT2D eigenvalue weighted by atomic mass is 9.89. The molecule has 2 rings (SSSR count). The van der Waals surface area contributed by atoms with E-state index >= 15 is 0 Å². The molecule has 0 heterocycles. The van der Waals surface area contributed by atoms with Gasteiger partial charge in [-0.1, -0.05) is 62.9 Å². The first-order chi connectivity index (χ1) is 13.4. The normalized spacial score (nSPS) is 15.5. The standard InChI is InChI=1S/C24H42N2S/c1-2-3-18-26(21-23-12-6-4-7-13-23)19-10-16-25-17-11-20-27-22-24-14-8-5-9-15-24/h5,8-9,14-15,23,25H,2-4,6-7,10-13,16-22H2,1H3. The summed E-state index contributed by atoms with van der Waals surface area (Å²) >= 11 is 2.06. The summed E-state index contributed by atoms with van der Waals surface area (Å²) in [7, 11) is 0. The Kier molecular flexibility index (Phi) is 13.0. The Morgan fingerprint density at radius 2 is 1.70 bits per heavy atom. The van der Waals surface area contributed by atoms with E-state index in [1.54, 1.807) is 0 Å². The number of thioether (sulfide) groups is 1. The van der Waals surface area contributed by atoms with Gasteiger partial charge in [0.15, 0.2) is 0 Å². The van der Waals surface area contributed by atoms with Gasteiger partial charge in [0, 0.05) is 12.3 Å². The fraction of sp³-hybridized carbons (Fsp3) is 0.750. The van der Waals surface area contributed by atoms with Crippen molar-refractivity contribution >= 4 is 11.8 Å². The van der Waals surface area contributed by atoms with E-state index in [-0.39, 0.29) is 0 Å². The molecule has 2 nitrogen and oxygen atoms in total. The van der Waals surface area contributed by atoms with E-state index in [9.17, 15) is 0 Å². The van der Waals surface area contributed by atoms with Crippen molar-refractivity contribution in [2.24, 2.45) is 5.92 Å². The molecule has 0 unspecified atom stereocenters. The molecule has 1 N–H and O–H groups in total. The topological polar surface area (TPSA) is 15.3 Å². The highest BCUT2D eigenvalue weighted by atomic mass is 32.2. The second kappa shape index (κ2) is 15.4. The number of nitrogens with one attached hydrogen (secondary N) is 1. The van der Waals surface area contributed by atoms with Crippen LogP contribution in [0.15, 0.2) is 30.3 Å². The van der Waals surface area contributed by atoms with Crippen molar-refractivity contribution in [1.82, 2.24) is 10.2 Å². The lowest BCUT2D eigenvalue weighted by Gasteiger charge is -2.29. The molecule has 0 aromatic heterocycles. The number of benzene rings is 1. The van der Waals surface area contributed by atoms with Crippen molar-refractivity contribution in [3.05, 3.63) is 35.9 Å². The van der Waals surface area contributed by atoms with Gasteiger partial charge in [-0.25, -0.2) is 0 Å². The first-order valence-corrected chi connectivity index (χ1v) is 12.6. The third-order valence-electron chi connectivity index (χ3n) is 5.65. The molecule has 0 radical (unpaired) electrons. The van der Waals surface area contributed by atoms with Crippen LogP contribution in [0.25, 0.3) is 0 Å². The van der Waals surface area contributed by atoms with Crippen molar-refractivity contribution in [2.45, 2.75) is 70.5 Å². The van der Waals surface area contributed by atoms with Crippen LogP contribution in [0.3, 0.4) is 0 Å². The summed E-state index contributed by atoms with van der Waals surface area (Å²) in [6.07, 6.45) is 12.6. The van der Waals surface area contributed by atoms with Gasteiger partial charge in [0.05, 0.1) is 0 Å². The second-order valence-electron chi connectivity index (χ2n) is 8.15. The molecule has 3 heteroatoms. The van der Waals surface area contributed by atoms with E-state index in [0.29, 0.717) is 0 Å². The van der Waals surface area contributed by atoms with Crippen LogP contribution in [-0.2, 0) is 5.75 Å². The smallest absolute Gasteiger partial charge is 0.0184 e. The fourth-order valence-electron chi connectivity index (χ4n) is 4.03. The van der Waals surface area contributed by atoms with Crippen LogP contribution in [0.2, 0.25) is 0 Å². The Bertz CT molecular complexity index is 445. The monoisotopic (exact) mass is 390 g/mol. The minimum Gasteiger partial charge on any atom is -0.317 e. The number of rotatable bonds is 15. The van der Waals surface area contributed by atoms with Crippen molar-refractivity contribution in [3.8, 4) is 0 Å². The molecule has 1 fully saturated rings. The Balaban J connectivity index is 1.46. The average molecular weight is 391 g/mol. The maximum atomic E-state index is 3.66. The zero-order valence-electron chi connectivity index (χ0n) is 17.6. The molecular formula is C24H42N2S. The summed E-state index contributed by atoms with van der Waals surface area (Å²) in [6.45, 7) is 8.61. The van der Waals surface area contributed by atoms with Gasteiger partial charge in [0.2, 0.25) is 0 Å². The van der Waals surface area contributed by atoms with Crippen molar-refractivity contribution < 1.29 is 0 Å². The number of hydrogen-bond acceptors (Lipinski definition) is 3. The largest absolute Gasteiger partial charge is 0.317 e. The van der Waals surface area contributed by atoms with Gasteiger partial charge in [0.25, 0.3) is 0 Å². The van der Waals surface area contributed by atoms with E-state index < -0.39 is 0 Å². The zero-order valence-corrected chi connectivity index (χ0v) is 18.4. The van der Waals surface area contributed by atoms with Crippen molar-refractivity contribution in [3.63, 3.8) is 0 Å². The van der Waals surface area contributed by atoms with Gasteiger partial charge >= 0.3 is 0 Å². The van der Waals surface area contributed by atoms with E-state index in [1.165, 1.54) is 102 Å². The number of nitrogens with zero attached hydrogens (tertiary/aromatic N) is 1. The molecular weight excluding hydrogens is 348 g/mol. The SMILES string of the molecule is CCCCN(CCCNCCCSCc1ccccc1)CC1CCCCC1.